The van der Waals surface area contributed by atoms with Crippen LogP contribution in [0, 0.1) is 6.92 Å². The molecule has 0 unspecified atom stereocenters. The Morgan fingerprint density at radius 1 is 0.974 bits per heavy atom. The molecule has 39 heavy (non-hydrogen) atoms. The van der Waals surface area contributed by atoms with Crippen molar-refractivity contribution in [2.45, 2.75) is 39.2 Å². The third-order valence-corrected chi connectivity index (χ3v) is 6.79. The fraction of sp³-hybridized carbons (Fsp3) is 0.219. The molecule has 0 spiro atoms. The zero-order valence-corrected chi connectivity index (χ0v) is 22.3. The van der Waals surface area contributed by atoms with Gasteiger partial charge >= 0.3 is 0 Å². The normalized spacial score (nSPS) is 11.5. The maximum atomic E-state index is 13.2. The standard InChI is InChI=1S/C32H31N3O4/c1-21-18-28(39-35-21)30-25(16-14-22-10-6-4-7-11-22)26-19-24(15-17-27(26)33-31(30)37)38-20-29(36)34-32(2,3)23-12-8-5-9-13-23/h4-13,15,17-19H,14,16,20H2,1-3H3,(H,33,37)(H,34,36). The molecule has 1 amide bonds. The Labute approximate surface area is 226 Å². The number of ether oxygens (including phenoxy) is 1. The Bertz CT molecular complexity index is 1650. The summed E-state index contributed by atoms with van der Waals surface area (Å²) >= 11 is 0. The van der Waals surface area contributed by atoms with E-state index < -0.39 is 5.54 Å². The van der Waals surface area contributed by atoms with Crippen molar-refractivity contribution in [3.63, 3.8) is 0 Å². The second kappa shape index (κ2) is 11.0. The van der Waals surface area contributed by atoms with E-state index in [0.29, 0.717) is 34.7 Å². The van der Waals surface area contributed by atoms with E-state index in [1.54, 1.807) is 18.2 Å². The SMILES string of the molecule is Cc1cc(-c2c(CCc3ccccc3)c3cc(OCC(=O)NC(C)(C)c4ccccc4)ccc3[nH]c2=O)on1. The first kappa shape index (κ1) is 26.0. The Morgan fingerprint density at radius 2 is 1.69 bits per heavy atom. The van der Waals surface area contributed by atoms with Gasteiger partial charge in [0.2, 0.25) is 0 Å². The van der Waals surface area contributed by atoms with Gasteiger partial charge in [0, 0.05) is 17.0 Å². The van der Waals surface area contributed by atoms with E-state index in [-0.39, 0.29) is 18.1 Å². The summed E-state index contributed by atoms with van der Waals surface area (Å²) in [4.78, 5) is 28.9. The zero-order chi connectivity index (χ0) is 27.4. The molecule has 7 nitrogen and oxygen atoms in total. The van der Waals surface area contributed by atoms with Crippen LogP contribution in [0.5, 0.6) is 5.75 Å². The molecule has 0 aliphatic carbocycles. The summed E-state index contributed by atoms with van der Waals surface area (Å²) in [5.74, 6) is 0.725. The fourth-order valence-electron chi connectivity index (χ4n) is 4.80. The van der Waals surface area contributed by atoms with Gasteiger partial charge in [0.1, 0.15) is 5.75 Å². The summed E-state index contributed by atoms with van der Waals surface area (Å²) < 4.78 is 11.4. The fourth-order valence-corrected chi connectivity index (χ4v) is 4.80. The Kier molecular flexibility index (Phi) is 7.32. The van der Waals surface area contributed by atoms with Gasteiger partial charge in [0.25, 0.3) is 11.5 Å². The molecule has 2 heterocycles. The van der Waals surface area contributed by atoms with Crippen LogP contribution in [0.15, 0.2) is 94.2 Å². The highest BCUT2D eigenvalue weighted by molar-refractivity contribution is 5.89. The molecule has 0 radical (unpaired) electrons. The van der Waals surface area contributed by atoms with Gasteiger partial charge in [0.15, 0.2) is 12.4 Å². The number of H-pyrrole nitrogens is 1. The summed E-state index contributed by atoms with van der Waals surface area (Å²) in [5, 5.41) is 7.86. The van der Waals surface area contributed by atoms with Crippen molar-refractivity contribution in [1.29, 1.82) is 0 Å². The highest BCUT2D eigenvalue weighted by Gasteiger charge is 2.23. The van der Waals surface area contributed by atoms with Gasteiger partial charge in [-0.05, 0) is 68.5 Å². The van der Waals surface area contributed by atoms with E-state index in [9.17, 15) is 9.59 Å². The average Bonchev–Trinajstić information content (AvgIpc) is 3.36. The van der Waals surface area contributed by atoms with Crippen LogP contribution < -0.4 is 15.6 Å². The van der Waals surface area contributed by atoms with Crippen LogP contribution in [0.4, 0.5) is 0 Å². The number of aromatic amines is 1. The minimum Gasteiger partial charge on any atom is -0.484 e. The lowest BCUT2D eigenvalue weighted by atomic mass is 9.94. The average molecular weight is 522 g/mol. The van der Waals surface area contributed by atoms with E-state index in [0.717, 1.165) is 28.5 Å². The second-order valence-electron chi connectivity index (χ2n) is 10.2. The number of amides is 1. The lowest BCUT2D eigenvalue weighted by molar-refractivity contribution is -0.124. The number of benzene rings is 3. The van der Waals surface area contributed by atoms with Crippen molar-refractivity contribution >= 4 is 16.8 Å². The number of aromatic nitrogens is 2. The maximum Gasteiger partial charge on any atom is 0.259 e. The van der Waals surface area contributed by atoms with Crippen LogP contribution in [0.2, 0.25) is 0 Å². The number of carbonyl (C=O) groups excluding carboxylic acids is 1. The first-order chi connectivity index (χ1) is 18.8. The van der Waals surface area contributed by atoms with E-state index in [2.05, 4.69) is 27.6 Å². The monoisotopic (exact) mass is 521 g/mol. The molecule has 0 saturated carbocycles. The summed E-state index contributed by atoms with van der Waals surface area (Å²) in [6, 6.07) is 27.1. The zero-order valence-electron chi connectivity index (χ0n) is 22.3. The molecule has 0 saturated heterocycles. The van der Waals surface area contributed by atoms with E-state index in [1.165, 1.54) is 0 Å². The van der Waals surface area contributed by atoms with E-state index in [4.69, 9.17) is 9.26 Å². The van der Waals surface area contributed by atoms with Gasteiger partial charge in [-0.2, -0.15) is 0 Å². The van der Waals surface area contributed by atoms with Crippen molar-refractivity contribution in [3.05, 3.63) is 118 Å². The number of fused-ring (bicyclic) bond motifs is 1. The lowest BCUT2D eigenvalue weighted by Gasteiger charge is -2.27. The van der Waals surface area contributed by atoms with Crippen molar-refractivity contribution in [3.8, 4) is 17.1 Å². The molecule has 0 aliphatic rings. The quantitative estimate of drug-likeness (QED) is 0.259. The molecule has 2 aromatic heterocycles. The van der Waals surface area contributed by atoms with Crippen molar-refractivity contribution in [1.82, 2.24) is 15.5 Å². The third kappa shape index (κ3) is 5.93. The molecule has 0 atom stereocenters. The van der Waals surface area contributed by atoms with Crippen molar-refractivity contribution in [2.75, 3.05) is 6.61 Å². The molecule has 7 heteroatoms. The minimum absolute atomic E-state index is 0.140. The summed E-state index contributed by atoms with van der Waals surface area (Å²) in [6.45, 7) is 5.59. The molecule has 198 valence electrons. The highest BCUT2D eigenvalue weighted by Crippen LogP contribution is 2.30. The van der Waals surface area contributed by atoms with Crippen molar-refractivity contribution in [2.24, 2.45) is 0 Å². The van der Waals surface area contributed by atoms with Crippen LogP contribution in [0.1, 0.15) is 36.2 Å². The largest absolute Gasteiger partial charge is 0.484 e. The first-order valence-electron chi connectivity index (χ1n) is 13.0. The number of nitrogens with zero attached hydrogens (tertiary/aromatic N) is 1. The molecular formula is C32H31N3O4. The number of pyridine rings is 1. The summed E-state index contributed by atoms with van der Waals surface area (Å²) in [7, 11) is 0. The summed E-state index contributed by atoms with van der Waals surface area (Å²) in [5.41, 5.74) is 4.07. The number of nitrogens with one attached hydrogen (secondary N) is 2. The maximum absolute atomic E-state index is 13.2. The number of rotatable bonds is 9. The van der Waals surface area contributed by atoms with Crippen LogP contribution in [0.25, 0.3) is 22.2 Å². The van der Waals surface area contributed by atoms with Gasteiger partial charge in [-0.1, -0.05) is 65.8 Å². The van der Waals surface area contributed by atoms with Crippen LogP contribution in [0.3, 0.4) is 0 Å². The van der Waals surface area contributed by atoms with Crippen LogP contribution >= 0.6 is 0 Å². The van der Waals surface area contributed by atoms with E-state index in [1.807, 2.05) is 75.4 Å². The molecular weight excluding hydrogens is 490 g/mol. The molecule has 3 aromatic carbocycles. The molecule has 5 rings (SSSR count). The number of aryl methyl sites for hydroxylation is 3. The van der Waals surface area contributed by atoms with Gasteiger partial charge in [-0.3, -0.25) is 9.59 Å². The number of carbonyl (C=O) groups is 1. The van der Waals surface area contributed by atoms with Gasteiger partial charge < -0.3 is 19.6 Å². The lowest BCUT2D eigenvalue weighted by Crippen LogP contribution is -2.43. The number of hydrogen-bond acceptors (Lipinski definition) is 5. The van der Waals surface area contributed by atoms with Crippen LogP contribution in [-0.4, -0.2) is 22.7 Å². The van der Waals surface area contributed by atoms with E-state index >= 15 is 0 Å². The highest BCUT2D eigenvalue weighted by atomic mass is 16.5. The van der Waals surface area contributed by atoms with Crippen LogP contribution in [-0.2, 0) is 23.2 Å². The predicted octanol–water partition coefficient (Wildman–Crippen LogP) is 5.71. The molecule has 5 aromatic rings. The smallest absolute Gasteiger partial charge is 0.259 e. The Hall–Kier alpha value is -4.65. The van der Waals surface area contributed by atoms with Gasteiger partial charge in [-0.25, -0.2) is 0 Å². The van der Waals surface area contributed by atoms with Gasteiger partial charge in [0.05, 0.1) is 16.8 Å². The summed E-state index contributed by atoms with van der Waals surface area (Å²) in [6.07, 6.45) is 1.34. The first-order valence-corrected chi connectivity index (χ1v) is 13.0. The van der Waals surface area contributed by atoms with Crippen molar-refractivity contribution < 1.29 is 14.1 Å². The Balaban J connectivity index is 1.44. The Morgan fingerprint density at radius 3 is 2.38 bits per heavy atom. The predicted molar refractivity (Wildman–Crippen MR) is 152 cm³/mol. The minimum atomic E-state index is -0.542. The van der Waals surface area contributed by atoms with Gasteiger partial charge in [-0.15, -0.1) is 0 Å². The molecule has 0 aliphatic heterocycles. The topological polar surface area (TPSA) is 97.2 Å². The molecule has 0 bridgehead atoms. The third-order valence-electron chi connectivity index (χ3n) is 6.79. The molecule has 0 fully saturated rings. The molecule has 2 N–H and O–H groups in total. The second-order valence-corrected chi connectivity index (χ2v) is 10.2. The number of hydrogen-bond donors (Lipinski definition) is 2.